The highest BCUT2D eigenvalue weighted by atomic mass is 19.1. The van der Waals surface area contributed by atoms with Gasteiger partial charge in [-0.15, -0.1) is 0 Å². The fourth-order valence-corrected chi connectivity index (χ4v) is 3.53. The largest absolute Gasteiger partial charge is 0.481 e. The fraction of sp³-hybridized carbons (Fsp3) is 0.250. The first-order chi connectivity index (χ1) is 16.2. The van der Waals surface area contributed by atoms with Crippen molar-refractivity contribution in [1.82, 2.24) is 15.0 Å². The van der Waals surface area contributed by atoms with Crippen LogP contribution in [0.2, 0.25) is 0 Å². The first kappa shape index (κ1) is 23.1. The predicted molar refractivity (Wildman–Crippen MR) is 118 cm³/mol. The van der Waals surface area contributed by atoms with Crippen molar-refractivity contribution < 1.29 is 32.6 Å². The number of nitrogens with zero attached hydrogens (tertiary/aromatic N) is 3. The van der Waals surface area contributed by atoms with Gasteiger partial charge in [-0.1, -0.05) is 13.3 Å². The smallest absolute Gasteiger partial charge is 0.341 e. The maximum absolute atomic E-state index is 14.0. The van der Waals surface area contributed by atoms with Crippen molar-refractivity contribution in [2.75, 3.05) is 6.61 Å². The standard InChI is InChI=1S/C24H21F2N3O5/c1-4-5-17-20-23(29-24(27-17)33-18-10-15(25)6-7-16(18)26)34-22(28-20)14-8-12(2)21(13(3)9-14)32-11-19(30)31/h6-10H,4-5,11H2,1-3H3,(H,30,31). The average molecular weight is 469 g/mol. The molecule has 2 heterocycles. The number of halogens is 2. The molecule has 0 aliphatic heterocycles. The van der Waals surface area contributed by atoms with E-state index in [4.69, 9.17) is 19.0 Å². The number of aliphatic carboxylic acids is 1. The summed E-state index contributed by atoms with van der Waals surface area (Å²) in [7, 11) is 0. The lowest BCUT2D eigenvalue weighted by molar-refractivity contribution is -0.139. The van der Waals surface area contributed by atoms with Crippen LogP contribution in [0.25, 0.3) is 22.7 Å². The molecule has 10 heteroatoms. The van der Waals surface area contributed by atoms with Crippen LogP contribution in [0.15, 0.2) is 34.7 Å². The van der Waals surface area contributed by atoms with Crippen LogP contribution in [-0.4, -0.2) is 32.6 Å². The van der Waals surface area contributed by atoms with Gasteiger partial charge in [0.25, 0.3) is 5.71 Å². The Hall–Kier alpha value is -4.08. The number of fused-ring (bicyclic) bond motifs is 1. The molecule has 0 unspecified atom stereocenters. The third-order valence-corrected chi connectivity index (χ3v) is 4.94. The van der Waals surface area contributed by atoms with Crippen LogP contribution in [0.5, 0.6) is 17.5 Å². The highest BCUT2D eigenvalue weighted by Gasteiger charge is 2.19. The van der Waals surface area contributed by atoms with Gasteiger partial charge < -0.3 is 19.0 Å². The van der Waals surface area contributed by atoms with Crippen molar-refractivity contribution in [1.29, 1.82) is 0 Å². The van der Waals surface area contributed by atoms with Crippen molar-refractivity contribution in [3.8, 4) is 29.0 Å². The van der Waals surface area contributed by atoms with E-state index in [0.29, 0.717) is 40.1 Å². The summed E-state index contributed by atoms with van der Waals surface area (Å²) in [5.41, 5.74) is 3.18. The molecule has 8 nitrogen and oxygen atoms in total. The topological polar surface area (TPSA) is 108 Å². The Morgan fingerprint density at radius 3 is 2.50 bits per heavy atom. The van der Waals surface area contributed by atoms with Gasteiger partial charge in [-0.25, -0.2) is 18.6 Å². The summed E-state index contributed by atoms with van der Waals surface area (Å²) in [5.74, 6) is -2.08. The number of oxazole rings is 1. The Bertz CT molecular complexity index is 1360. The van der Waals surface area contributed by atoms with Crippen molar-refractivity contribution in [2.24, 2.45) is 0 Å². The number of rotatable bonds is 8. The van der Waals surface area contributed by atoms with Crippen LogP contribution >= 0.6 is 0 Å². The van der Waals surface area contributed by atoms with Crippen LogP contribution in [0.4, 0.5) is 8.78 Å². The molecule has 0 atom stereocenters. The van der Waals surface area contributed by atoms with E-state index in [1.165, 1.54) is 0 Å². The van der Waals surface area contributed by atoms with Crippen molar-refractivity contribution >= 4 is 17.2 Å². The predicted octanol–water partition coefficient (Wildman–Crippen LogP) is 5.39. The zero-order valence-corrected chi connectivity index (χ0v) is 18.7. The molecule has 0 spiro atoms. The van der Waals surface area contributed by atoms with Crippen molar-refractivity contribution in [3.63, 3.8) is 0 Å². The number of aryl methyl sites for hydroxylation is 3. The first-order valence-corrected chi connectivity index (χ1v) is 10.5. The maximum atomic E-state index is 14.0. The monoisotopic (exact) mass is 469 g/mol. The highest BCUT2D eigenvalue weighted by Crippen LogP contribution is 2.33. The number of benzene rings is 2. The second kappa shape index (κ2) is 9.42. The lowest BCUT2D eigenvalue weighted by Crippen LogP contribution is -2.10. The van der Waals surface area contributed by atoms with E-state index in [2.05, 4.69) is 15.0 Å². The molecular weight excluding hydrogens is 448 g/mol. The molecule has 4 rings (SSSR count). The number of aromatic nitrogens is 3. The molecule has 2 aromatic heterocycles. The van der Waals surface area contributed by atoms with E-state index < -0.39 is 24.2 Å². The molecule has 0 fully saturated rings. The van der Waals surface area contributed by atoms with Crippen LogP contribution in [0.1, 0.15) is 30.2 Å². The van der Waals surface area contributed by atoms with Gasteiger partial charge >= 0.3 is 12.0 Å². The average Bonchev–Trinajstić information content (AvgIpc) is 3.20. The molecule has 0 radical (unpaired) electrons. The molecule has 0 bridgehead atoms. The van der Waals surface area contributed by atoms with Crippen LogP contribution in [-0.2, 0) is 11.2 Å². The van der Waals surface area contributed by atoms with E-state index in [-0.39, 0.29) is 23.4 Å². The Morgan fingerprint density at radius 2 is 1.82 bits per heavy atom. The van der Waals surface area contributed by atoms with E-state index >= 15 is 0 Å². The molecule has 0 aliphatic rings. The van der Waals surface area contributed by atoms with Crippen LogP contribution < -0.4 is 9.47 Å². The summed E-state index contributed by atoms with van der Waals surface area (Å²) in [6.45, 7) is 5.09. The van der Waals surface area contributed by atoms with Gasteiger partial charge in [0.15, 0.2) is 23.7 Å². The van der Waals surface area contributed by atoms with E-state index in [1.54, 1.807) is 26.0 Å². The van der Waals surface area contributed by atoms with Crippen molar-refractivity contribution in [2.45, 2.75) is 33.6 Å². The van der Waals surface area contributed by atoms with Crippen LogP contribution in [0, 0.1) is 25.5 Å². The second-order valence-electron chi connectivity index (χ2n) is 7.67. The third-order valence-electron chi connectivity index (χ3n) is 4.94. The Balaban J connectivity index is 1.74. The molecular formula is C24H21F2N3O5. The molecule has 0 saturated heterocycles. The van der Waals surface area contributed by atoms with Crippen LogP contribution in [0.3, 0.4) is 0 Å². The summed E-state index contributed by atoms with van der Waals surface area (Å²) in [6, 6.07) is 6.19. The molecule has 176 valence electrons. The molecule has 0 aliphatic carbocycles. The van der Waals surface area contributed by atoms with Crippen molar-refractivity contribution in [3.05, 3.63) is 58.8 Å². The first-order valence-electron chi connectivity index (χ1n) is 10.5. The maximum Gasteiger partial charge on any atom is 0.341 e. The number of ether oxygens (including phenoxy) is 2. The summed E-state index contributed by atoms with van der Waals surface area (Å²) in [4.78, 5) is 23.9. The summed E-state index contributed by atoms with van der Waals surface area (Å²) in [5, 5.41) is 8.87. The molecule has 34 heavy (non-hydrogen) atoms. The summed E-state index contributed by atoms with van der Waals surface area (Å²) < 4.78 is 44.2. The minimum atomic E-state index is -1.07. The molecule has 0 amide bonds. The molecule has 4 aromatic rings. The summed E-state index contributed by atoms with van der Waals surface area (Å²) >= 11 is 0. The highest BCUT2D eigenvalue weighted by molar-refractivity contribution is 5.76. The van der Waals surface area contributed by atoms with Gasteiger partial charge in [0.2, 0.25) is 5.89 Å². The summed E-state index contributed by atoms with van der Waals surface area (Å²) in [6.07, 6.45) is 1.28. The van der Waals surface area contributed by atoms with Gasteiger partial charge in [0.05, 0.1) is 5.69 Å². The number of carboxylic acid groups (broad SMARTS) is 1. The molecule has 1 N–H and O–H groups in total. The number of carbonyl (C=O) groups is 1. The van der Waals surface area contributed by atoms with Gasteiger partial charge in [-0.05, 0) is 55.7 Å². The molecule has 2 aromatic carbocycles. The zero-order valence-electron chi connectivity index (χ0n) is 18.7. The Labute approximate surface area is 193 Å². The lowest BCUT2D eigenvalue weighted by atomic mass is 10.1. The van der Waals surface area contributed by atoms with E-state index in [9.17, 15) is 13.6 Å². The Kier molecular flexibility index (Phi) is 6.40. The van der Waals surface area contributed by atoms with Gasteiger partial charge in [0, 0.05) is 11.6 Å². The lowest BCUT2D eigenvalue weighted by Gasteiger charge is -2.11. The van der Waals surface area contributed by atoms with Gasteiger partial charge in [-0.3, -0.25) is 0 Å². The fourth-order valence-electron chi connectivity index (χ4n) is 3.53. The minimum Gasteiger partial charge on any atom is -0.481 e. The minimum absolute atomic E-state index is 0.141. The number of hydrogen-bond donors (Lipinski definition) is 1. The third kappa shape index (κ3) is 4.80. The number of carboxylic acids is 1. The second-order valence-corrected chi connectivity index (χ2v) is 7.67. The van der Waals surface area contributed by atoms with Gasteiger partial charge in [-0.2, -0.15) is 9.97 Å². The molecule has 0 saturated carbocycles. The Morgan fingerprint density at radius 1 is 1.09 bits per heavy atom. The normalized spacial score (nSPS) is 11.1. The quantitative estimate of drug-likeness (QED) is 0.366. The van der Waals surface area contributed by atoms with E-state index in [0.717, 1.165) is 24.6 Å². The zero-order chi connectivity index (χ0) is 24.4. The SMILES string of the molecule is CCCc1nc(Oc2cc(F)ccc2F)nc2oc(-c3cc(C)c(OCC(=O)O)c(C)c3)nc12. The van der Waals surface area contributed by atoms with E-state index in [1.807, 2.05) is 6.92 Å². The van der Waals surface area contributed by atoms with Gasteiger partial charge in [0.1, 0.15) is 11.6 Å². The number of hydrogen-bond acceptors (Lipinski definition) is 7.